The van der Waals surface area contributed by atoms with Gasteiger partial charge in [-0.15, -0.1) is 0 Å². The van der Waals surface area contributed by atoms with Gasteiger partial charge in [0, 0.05) is 13.1 Å². The third kappa shape index (κ3) is 2.52. The van der Waals surface area contributed by atoms with E-state index in [1.807, 2.05) is 18.2 Å². The monoisotopic (exact) mass is 178 g/mol. The van der Waals surface area contributed by atoms with Crippen LogP contribution in [0.3, 0.4) is 0 Å². The highest BCUT2D eigenvalue weighted by atomic mass is 16.5. The summed E-state index contributed by atoms with van der Waals surface area (Å²) in [5, 5.41) is 0. The number of ether oxygens (including phenoxy) is 1. The Balaban J connectivity index is 1.79. The molecule has 0 unspecified atom stereocenters. The summed E-state index contributed by atoms with van der Waals surface area (Å²) in [7, 11) is 0. The first-order valence-corrected chi connectivity index (χ1v) is 4.56. The molecule has 3 heteroatoms. The van der Waals surface area contributed by atoms with E-state index in [4.69, 9.17) is 4.74 Å². The van der Waals surface area contributed by atoms with E-state index < -0.39 is 0 Å². The number of nitrogens with one attached hydrogen (secondary N) is 2. The molecule has 0 atom stereocenters. The number of hydrazine groups is 1. The van der Waals surface area contributed by atoms with Crippen molar-refractivity contribution in [1.82, 2.24) is 10.9 Å². The van der Waals surface area contributed by atoms with Crippen LogP contribution >= 0.6 is 0 Å². The molecule has 1 heterocycles. The molecule has 2 N–H and O–H groups in total. The van der Waals surface area contributed by atoms with E-state index in [9.17, 15) is 0 Å². The van der Waals surface area contributed by atoms with Crippen LogP contribution in [0.4, 0.5) is 0 Å². The molecule has 0 spiro atoms. The first kappa shape index (κ1) is 8.69. The summed E-state index contributed by atoms with van der Waals surface area (Å²) in [4.78, 5) is 0. The van der Waals surface area contributed by atoms with E-state index in [2.05, 4.69) is 23.0 Å². The maximum atomic E-state index is 5.66. The second-order valence-corrected chi connectivity index (χ2v) is 3.18. The molecule has 1 aliphatic rings. The second kappa shape index (κ2) is 4.37. The van der Waals surface area contributed by atoms with Crippen molar-refractivity contribution in [1.29, 1.82) is 0 Å². The molecule has 1 fully saturated rings. The van der Waals surface area contributed by atoms with Crippen LogP contribution in [0.1, 0.15) is 5.56 Å². The fourth-order valence-electron chi connectivity index (χ4n) is 1.35. The number of benzene rings is 1. The third-order valence-corrected chi connectivity index (χ3v) is 2.11. The molecule has 0 radical (unpaired) electrons. The molecule has 1 aromatic rings. The molecule has 3 nitrogen and oxygen atoms in total. The van der Waals surface area contributed by atoms with E-state index in [1.54, 1.807) is 0 Å². The molecule has 1 aromatic carbocycles. The van der Waals surface area contributed by atoms with Gasteiger partial charge < -0.3 is 4.74 Å². The predicted octanol–water partition coefficient (Wildman–Crippen LogP) is 0.680. The maximum Gasteiger partial charge on any atom is 0.0855 e. The Kier molecular flexibility index (Phi) is 2.92. The molecule has 0 aliphatic carbocycles. The Morgan fingerprint density at radius 3 is 2.54 bits per heavy atom. The standard InChI is InChI=1S/C10H14N2O/c1-2-4-9(5-3-1)8-13-10-6-11-12-7-10/h1-5,10-12H,6-8H2. The molecule has 13 heavy (non-hydrogen) atoms. The Hall–Kier alpha value is -0.900. The lowest BCUT2D eigenvalue weighted by Gasteiger charge is -2.08. The van der Waals surface area contributed by atoms with Crippen LogP contribution in [-0.2, 0) is 11.3 Å². The van der Waals surface area contributed by atoms with Crippen LogP contribution in [-0.4, -0.2) is 19.2 Å². The normalized spacial score (nSPS) is 17.8. The number of rotatable bonds is 3. The third-order valence-electron chi connectivity index (χ3n) is 2.11. The van der Waals surface area contributed by atoms with Crippen molar-refractivity contribution in [2.75, 3.05) is 13.1 Å². The van der Waals surface area contributed by atoms with E-state index in [0.29, 0.717) is 12.7 Å². The highest BCUT2D eigenvalue weighted by molar-refractivity contribution is 5.13. The molecule has 1 aliphatic heterocycles. The fourth-order valence-corrected chi connectivity index (χ4v) is 1.35. The SMILES string of the molecule is c1ccc(COC2CNNC2)cc1. The summed E-state index contributed by atoms with van der Waals surface area (Å²) in [6, 6.07) is 10.2. The van der Waals surface area contributed by atoms with Crippen LogP contribution < -0.4 is 10.9 Å². The smallest absolute Gasteiger partial charge is 0.0855 e. The minimum absolute atomic E-state index is 0.306. The van der Waals surface area contributed by atoms with E-state index in [0.717, 1.165) is 13.1 Å². The van der Waals surface area contributed by atoms with E-state index >= 15 is 0 Å². The van der Waals surface area contributed by atoms with Crippen molar-refractivity contribution >= 4 is 0 Å². The highest BCUT2D eigenvalue weighted by Crippen LogP contribution is 2.03. The lowest BCUT2D eigenvalue weighted by atomic mass is 10.2. The zero-order valence-electron chi connectivity index (χ0n) is 7.49. The van der Waals surface area contributed by atoms with Gasteiger partial charge in [0.15, 0.2) is 0 Å². The fraction of sp³-hybridized carbons (Fsp3) is 0.400. The van der Waals surface area contributed by atoms with Gasteiger partial charge in [-0.05, 0) is 5.56 Å². The second-order valence-electron chi connectivity index (χ2n) is 3.18. The molecular weight excluding hydrogens is 164 g/mol. The predicted molar refractivity (Wildman–Crippen MR) is 51.0 cm³/mol. The Labute approximate surface area is 78.1 Å². The van der Waals surface area contributed by atoms with E-state index in [1.165, 1.54) is 5.56 Å². The minimum atomic E-state index is 0.306. The Morgan fingerprint density at radius 2 is 1.85 bits per heavy atom. The highest BCUT2D eigenvalue weighted by Gasteiger charge is 2.13. The summed E-state index contributed by atoms with van der Waals surface area (Å²) < 4.78 is 5.66. The molecular formula is C10H14N2O. The lowest BCUT2D eigenvalue weighted by Crippen LogP contribution is -2.21. The van der Waals surface area contributed by atoms with Crippen molar-refractivity contribution in [3.63, 3.8) is 0 Å². The molecule has 70 valence electrons. The summed E-state index contributed by atoms with van der Waals surface area (Å²) >= 11 is 0. The average molecular weight is 178 g/mol. The number of hydrogen-bond donors (Lipinski definition) is 2. The van der Waals surface area contributed by atoms with Crippen molar-refractivity contribution in [3.05, 3.63) is 35.9 Å². The molecule has 0 aromatic heterocycles. The van der Waals surface area contributed by atoms with Crippen LogP contribution in [0.2, 0.25) is 0 Å². The van der Waals surface area contributed by atoms with Crippen molar-refractivity contribution < 1.29 is 4.74 Å². The zero-order valence-corrected chi connectivity index (χ0v) is 7.49. The molecule has 1 saturated heterocycles. The summed E-state index contributed by atoms with van der Waals surface area (Å²) in [6.45, 7) is 2.49. The topological polar surface area (TPSA) is 33.3 Å². The minimum Gasteiger partial charge on any atom is -0.371 e. The van der Waals surface area contributed by atoms with Crippen LogP contribution in [0, 0.1) is 0 Å². The van der Waals surface area contributed by atoms with Crippen molar-refractivity contribution in [2.45, 2.75) is 12.7 Å². The Bertz CT molecular complexity index is 244. The molecule has 0 saturated carbocycles. The molecule has 2 rings (SSSR count). The lowest BCUT2D eigenvalue weighted by molar-refractivity contribution is 0.0612. The van der Waals surface area contributed by atoms with Gasteiger partial charge in [-0.2, -0.15) is 0 Å². The van der Waals surface area contributed by atoms with Gasteiger partial charge >= 0.3 is 0 Å². The van der Waals surface area contributed by atoms with Gasteiger partial charge in [0.05, 0.1) is 12.7 Å². The molecule has 0 bridgehead atoms. The average Bonchev–Trinajstić information content (AvgIpc) is 2.69. The zero-order chi connectivity index (χ0) is 8.93. The van der Waals surface area contributed by atoms with Gasteiger partial charge in [-0.25, -0.2) is 0 Å². The first-order valence-electron chi connectivity index (χ1n) is 4.56. The van der Waals surface area contributed by atoms with E-state index in [-0.39, 0.29) is 0 Å². The van der Waals surface area contributed by atoms with Gasteiger partial charge in [-0.3, -0.25) is 10.9 Å². The quantitative estimate of drug-likeness (QED) is 0.714. The van der Waals surface area contributed by atoms with Crippen LogP contribution in [0.25, 0.3) is 0 Å². The van der Waals surface area contributed by atoms with Gasteiger partial charge in [0.25, 0.3) is 0 Å². The van der Waals surface area contributed by atoms with Crippen LogP contribution in [0.5, 0.6) is 0 Å². The van der Waals surface area contributed by atoms with Crippen LogP contribution in [0.15, 0.2) is 30.3 Å². The largest absolute Gasteiger partial charge is 0.371 e. The summed E-state index contributed by atoms with van der Waals surface area (Å²) in [5.74, 6) is 0. The van der Waals surface area contributed by atoms with Crippen molar-refractivity contribution in [2.24, 2.45) is 0 Å². The van der Waals surface area contributed by atoms with Gasteiger partial charge in [0.2, 0.25) is 0 Å². The Morgan fingerprint density at radius 1 is 1.15 bits per heavy atom. The summed E-state index contributed by atoms with van der Waals surface area (Å²) in [5.41, 5.74) is 7.30. The maximum absolute atomic E-state index is 5.66. The number of hydrogen-bond acceptors (Lipinski definition) is 3. The molecule has 0 amide bonds. The van der Waals surface area contributed by atoms with Gasteiger partial charge in [-0.1, -0.05) is 30.3 Å². The first-order chi connectivity index (χ1) is 6.45. The van der Waals surface area contributed by atoms with Crippen molar-refractivity contribution in [3.8, 4) is 0 Å². The van der Waals surface area contributed by atoms with Gasteiger partial charge in [0.1, 0.15) is 0 Å². The summed E-state index contributed by atoms with van der Waals surface area (Å²) in [6.07, 6.45) is 0.306.